The van der Waals surface area contributed by atoms with Gasteiger partial charge in [0.05, 0.1) is 10.0 Å². The predicted molar refractivity (Wildman–Crippen MR) is 93.4 cm³/mol. The Balaban J connectivity index is 2.06. The van der Waals surface area contributed by atoms with Gasteiger partial charge in [-0.1, -0.05) is 62.0 Å². The van der Waals surface area contributed by atoms with E-state index in [2.05, 4.69) is 25.2 Å². The molecule has 2 rings (SSSR count). The Morgan fingerprint density at radius 3 is 2.57 bits per heavy atom. The average Bonchev–Trinajstić information content (AvgIpc) is 2.49. The Hall–Kier alpha value is -0.240. The summed E-state index contributed by atoms with van der Waals surface area (Å²) < 4.78 is 0. The zero-order valence-electron chi connectivity index (χ0n) is 13.2. The second kappa shape index (κ2) is 8.41. The third-order valence-corrected chi connectivity index (χ3v) is 5.62. The number of hydrogen-bond acceptors (Lipinski definition) is 1. The molecule has 1 unspecified atom stereocenters. The minimum absolute atomic E-state index is 0.522. The van der Waals surface area contributed by atoms with Crippen LogP contribution in [0, 0.1) is 11.8 Å². The van der Waals surface area contributed by atoms with Crippen molar-refractivity contribution in [2.75, 3.05) is 6.54 Å². The van der Waals surface area contributed by atoms with Gasteiger partial charge in [0.1, 0.15) is 0 Å². The Bertz CT molecular complexity index is 439. The van der Waals surface area contributed by atoms with E-state index >= 15 is 0 Å². The molecule has 0 aromatic heterocycles. The molecule has 1 fully saturated rings. The molecule has 1 atom stereocenters. The Labute approximate surface area is 139 Å². The standard InChI is InChI=1S/C18H27Cl2N/c1-3-11-21-17(14-9-7-13(2)8-10-14)12-15-5-4-6-16(19)18(15)20/h4-6,13-14,17,21H,3,7-12H2,1-2H3. The fraction of sp³-hybridized carbons (Fsp3) is 0.667. The van der Waals surface area contributed by atoms with Crippen LogP contribution in [0.25, 0.3) is 0 Å². The van der Waals surface area contributed by atoms with Gasteiger partial charge in [0.25, 0.3) is 0 Å². The summed E-state index contributed by atoms with van der Waals surface area (Å²) in [6.07, 6.45) is 7.54. The Kier molecular flexibility index (Phi) is 6.85. The van der Waals surface area contributed by atoms with E-state index in [-0.39, 0.29) is 0 Å². The molecule has 0 heterocycles. The summed E-state index contributed by atoms with van der Waals surface area (Å²) in [4.78, 5) is 0. The van der Waals surface area contributed by atoms with Gasteiger partial charge in [-0.2, -0.15) is 0 Å². The van der Waals surface area contributed by atoms with Crippen LogP contribution in [0.4, 0.5) is 0 Å². The highest BCUT2D eigenvalue weighted by Crippen LogP contribution is 2.33. The first-order valence-corrected chi connectivity index (χ1v) is 9.03. The number of rotatable bonds is 6. The molecule has 3 heteroatoms. The molecule has 1 aliphatic rings. The van der Waals surface area contributed by atoms with E-state index in [0.717, 1.165) is 29.8 Å². The minimum atomic E-state index is 0.522. The largest absolute Gasteiger partial charge is 0.313 e. The van der Waals surface area contributed by atoms with Gasteiger partial charge in [-0.3, -0.25) is 0 Å². The van der Waals surface area contributed by atoms with E-state index in [9.17, 15) is 0 Å². The first-order valence-electron chi connectivity index (χ1n) is 8.28. The Morgan fingerprint density at radius 2 is 1.90 bits per heavy atom. The summed E-state index contributed by atoms with van der Waals surface area (Å²) in [6, 6.07) is 6.50. The van der Waals surface area contributed by atoms with E-state index in [0.29, 0.717) is 11.1 Å². The molecule has 1 nitrogen and oxygen atoms in total. The molecular weight excluding hydrogens is 301 g/mol. The Morgan fingerprint density at radius 1 is 1.19 bits per heavy atom. The molecule has 0 bridgehead atoms. The molecule has 0 spiro atoms. The molecule has 1 aromatic rings. The van der Waals surface area contributed by atoms with Crippen molar-refractivity contribution in [2.24, 2.45) is 11.8 Å². The highest BCUT2D eigenvalue weighted by atomic mass is 35.5. The topological polar surface area (TPSA) is 12.0 Å². The first-order chi connectivity index (χ1) is 10.1. The lowest BCUT2D eigenvalue weighted by molar-refractivity contribution is 0.229. The summed E-state index contributed by atoms with van der Waals surface area (Å²) in [6.45, 7) is 5.67. The van der Waals surface area contributed by atoms with Gasteiger partial charge in [0, 0.05) is 6.04 Å². The van der Waals surface area contributed by atoms with E-state index in [1.165, 1.54) is 37.7 Å². The van der Waals surface area contributed by atoms with Gasteiger partial charge in [-0.05, 0) is 55.7 Å². The van der Waals surface area contributed by atoms with Crippen LogP contribution < -0.4 is 5.32 Å². The number of benzene rings is 1. The highest BCUT2D eigenvalue weighted by molar-refractivity contribution is 6.42. The van der Waals surface area contributed by atoms with Crippen LogP contribution in [0.5, 0.6) is 0 Å². The van der Waals surface area contributed by atoms with Crippen molar-refractivity contribution in [2.45, 2.75) is 58.4 Å². The van der Waals surface area contributed by atoms with Gasteiger partial charge in [0.15, 0.2) is 0 Å². The SMILES string of the molecule is CCCNC(Cc1cccc(Cl)c1Cl)C1CCC(C)CC1. The lowest BCUT2D eigenvalue weighted by Gasteiger charge is -2.33. The van der Waals surface area contributed by atoms with Gasteiger partial charge in [-0.15, -0.1) is 0 Å². The molecule has 118 valence electrons. The lowest BCUT2D eigenvalue weighted by atomic mass is 9.77. The number of nitrogens with one attached hydrogen (secondary N) is 1. The minimum Gasteiger partial charge on any atom is -0.313 e. The van der Waals surface area contributed by atoms with Crippen LogP contribution in [0.15, 0.2) is 18.2 Å². The molecule has 0 saturated heterocycles. The third kappa shape index (κ3) is 4.87. The maximum Gasteiger partial charge on any atom is 0.0624 e. The first kappa shape index (κ1) is 17.1. The summed E-state index contributed by atoms with van der Waals surface area (Å²) in [7, 11) is 0. The fourth-order valence-corrected chi connectivity index (χ4v) is 3.76. The average molecular weight is 328 g/mol. The molecule has 0 radical (unpaired) electrons. The zero-order valence-corrected chi connectivity index (χ0v) is 14.7. The fourth-order valence-electron chi connectivity index (χ4n) is 3.37. The molecule has 1 aliphatic carbocycles. The van der Waals surface area contributed by atoms with Gasteiger partial charge < -0.3 is 5.32 Å². The predicted octanol–water partition coefficient (Wildman–Crippen LogP) is 5.73. The lowest BCUT2D eigenvalue weighted by Crippen LogP contribution is -2.40. The maximum atomic E-state index is 6.37. The summed E-state index contributed by atoms with van der Waals surface area (Å²) in [5.41, 5.74) is 1.18. The van der Waals surface area contributed by atoms with Gasteiger partial charge in [-0.25, -0.2) is 0 Å². The second-order valence-electron chi connectivity index (χ2n) is 6.50. The normalized spacial score (nSPS) is 24.0. The van der Waals surface area contributed by atoms with E-state index in [1.54, 1.807) is 0 Å². The zero-order chi connectivity index (χ0) is 15.2. The summed E-state index contributed by atoms with van der Waals surface area (Å²) in [5, 5.41) is 5.14. The van der Waals surface area contributed by atoms with Crippen LogP contribution in [-0.4, -0.2) is 12.6 Å². The number of halogens is 2. The van der Waals surface area contributed by atoms with E-state index < -0.39 is 0 Å². The van der Waals surface area contributed by atoms with Crippen molar-refractivity contribution in [3.05, 3.63) is 33.8 Å². The molecule has 0 aliphatic heterocycles. The molecule has 0 amide bonds. The van der Waals surface area contributed by atoms with Crippen LogP contribution in [0.1, 0.15) is 51.5 Å². The van der Waals surface area contributed by atoms with Gasteiger partial charge >= 0.3 is 0 Å². The monoisotopic (exact) mass is 327 g/mol. The second-order valence-corrected chi connectivity index (χ2v) is 7.28. The van der Waals surface area contributed by atoms with Crippen LogP contribution in [-0.2, 0) is 6.42 Å². The quantitative estimate of drug-likeness (QED) is 0.703. The maximum absolute atomic E-state index is 6.37. The van der Waals surface area contributed by atoms with Crippen molar-refractivity contribution in [1.29, 1.82) is 0 Å². The molecule has 1 N–H and O–H groups in total. The van der Waals surface area contributed by atoms with E-state index in [1.807, 2.05) is 12.1 Å². The summed E-state index contributed by atoms with van der Waals surface area (Å²) >= 11 is 12.5. The highest BCUT2D eigenvalue weighted by Gasteiger charge is 2.26. The molecule has 1 saturated carbocycles. The van der Waals surface area contributed by atoms with Crippen molar-refractivity contribution in [1.82, 2.24) is 5.32 Å². The van der Waals surface area contributed by atoms with Crippen molar-refractivity contribution in [3.8, 4) is 0 Å². The van der Waals surface area contributed by atoms with Crippen LogP contribution in [0.2, 0.25) is 10.0 Å². The molecular formula is C18H27Cl2N. The van der Waals surface area contributed by atoms with Crippen molar-refractivity contribution >= 4 is 23.2 Å². The van der Waals surface area contributed by atoms with Gasteiger partial charge in [0.2, 0.25) is 0 Å². The van der Waals surface area contributed by atoms with Crippen molar-refractivity contribution in [3.63, 3.8) is 0 Å². The van der Waals surface area contributed by atoms with Crippen LogP contribution in [0.3, 0.4) is 0 Å². The van der Waals surface area contributed by atoms with E-state index in [4.69, 9.17) is 23.2 Å². The third-order valence-electron chi connectivity index (χ3n) is 4.76. The number of hydrogen-bond donors (Lipinski definition) is 1. The molecule has 21 heavy (non-hydrogen) atoms. The van der Waals surface area contributed by atoms with Crippen LogP contribution >= 0.6 is 23.2 Å². The summed E-state index contributed by atoms with van der Waals surface area (Å²) in [5.74, 6) is 1.66. The smallest absolute Gasteiger partial charge is 0.0624 e. The van der Waals surface area contributed by atoms with Crippen molar-refractivity contribution < 1.29 is 0 Å². The molecule has 1 aromatic carbocycles.